The summed E-state index contributed by atoms with van der Waals surface area (Å²) in [6, 6.07) is -0.312. The Balaban J connectivity index is 3.99. The lowest BCUT2D eigenvalue weighted by Gasteiger charge is -2.14. The van der Waals surface area contributed by atoms with Gasteiger partial charge in [0.05, 0.1) is 6.04 Å². The second kappa shape index (κ2) is 6.54. The number of carboxylic acid groups (broad SMARTS) is 1. The normalized spacial score (nSPS) is 12.9. The maximum absolute atomic E-state index is 11.5. The van der Waals surface area contributed by atoms with E-state index in [1.165, 1.54) is 0 Å². The highest BCUT2D eigenvalue weighted by molar-refractivity contribution is 5.84. The smallest absolute Gasteiger partial charge is 0.303 e. The number of ketones is 1. The Morgan fingerprint density at radius 1 is 1.36 bits per heavy atom. The lowest BCUT2D eigenvalue weighted by atomic mass is 9.99. The fourth-order valence-electron chi connectivity index (χ4n) is 1.28. The zero-order chi connectivity index (χ0) is 11.1. The molecule has 0 spiro atoms. The van der Waals surface area contributed by atoms with Gasteiger partial charge in [0.15, 0.2) is 0 Å². The maximum atomic E-state index is 11.5. The van der Waals surface area contributed by atoms with Crippen molar-refractivity contribution in [3.8, 4) is 0 Å². The molecule has 4 nitrogen and oxygen atoms in total. The fourth-order valence-corrected chi connectivity index (χ4v) is 1.28. The van der Waals surface area contributed by atoms with Gasteiger partial charge in [0.25, 0.3) is 0 Å². The lowest BCUT2D eigenvalue weighted by molar-refractivity contribution is -0.137. The molecule has 0 aliphatic rings. The molecule has 0 unspecified atom stereocenters. The van der Waals surface area contributed by atoms with Crippen LogP contribution in [0.15, 0.2) is 0 Å². The Hall–Kier alpha value is -0.900. The molecule has 0 bridgehead atoms. The van der Waals surface area contributed by atoms with Crippen molar-refractivity contribution in [3.05, 3.63) is 0 Å². The Morgan fingerprint density at radius 3 is 2.29 bits per heavy atom. The van der Waals surface area contributed by atoms with E-state index in [1.807, 2.05) is 13.8 Å². The minimum atomic E-state index is -0.859. The third kappa shape index (κ3) is 5.70. The Morgan fingerprint density at radius 2 is 1.93 bits per heavy atom. The van der Waals surface area contributed by atoms with Crippen LogP contribution in [0.3, 0.4) is 0 Å². The van der Waals surface area contributed by atoms with Crippen molar-refractivity contribution >= 4 is 11.8 Å². The number of carboxylic acids is 1. The summed E-state index contributed by atoms with van der Waals surface area (Å²) in [4.78, 5) is 21.9. The van der Waals surface area contributed by atoms with Gasteiger partial charge in [-0.25, -0.2) is 0 Å². The summed E-state index contributed by atoms with van der Waals surface area (Å²) in [5, 5.41) is 11.3. The fraction of sp³-hybridized carbons (Fsp3) is 0.800. The summed E-state index contributed by atoms with van der Waals surface area (Å²) in [5.74, 6) is -0.436. The van der Waals surface area contributed by atoms with Crippen LogP contribution in [0.4, 0.5) is 0 Å². The van der Waals surface area contributed by atoms with E-state index in [1.54, 1.807) is 7.05 Å². The third-order valence-electron chi connectivity index (χ3n) is 1.99. The van der Waals surface area contributed by atoms with Crippen molar-refractivity contribution in [2.45, 2.75) is 39.2 Å². The van der Waals surface area contributed by atoms with Crippen LogP contribution in [0.5, 0.6) is 0 Å². The molecule has 14 heavy (non-hydrogen) atoms. The number of carbonyl (C=O) groups excluding carboxylic acids is 1. The summed E-state index contributed by atoms with van der Waals surface area (Å²) in [7, 11) is 1.69. The van der Waals surface area contributed by atoms with E-state index in [2.05, 4.69) is 5.32 Å². The van der Waals surface area contributed by atoms with Gasteiger partial charge in [0.1, 0.15) is 5.78 Å². The molecule has 0 aromatic rings. The number of carbonyl (C=O) groups is 2. The highest BCUT2D eigenvalue weighted by atomic mass is 16.4. The number of nitrogens with one attached hydrogen (secondary N) is 1. The van der Waals surface area contributed by atoms with Crippen molar-refractivity contribution < 1.29 is 14.7 Å². The van der Waals surface area contributed by atoms with E-state index in [-0.39, 0.29) is 18.2 Å². The Bertz CT molecular complexity index is 202. The van der Waals surface area contributed by atoms with Crippen LogP contribution in [-0.4, -0.2) is 29.9 Å². The number of likely N-dealkylation sites (N-methyl/N-ethyl adjacent to an activating group) is 1. The second-order valence-electron chi connectivity index (χ2n) is 3.84. The summed E-state index contributed by atoms with van der Waals surface area (Å²) in [6.45, 7) is 3.95. The van der Waals surface area contributed by atoms with E-state index in [0.29, 0.717) is 18.8 Å². The predicted octanol–water partition coefficient (Wildman–Crippen LogP) is 1.05. The molecule has 0 saturated heterocycles. The average Bonchev–Trinajstić information content (AvgIpc) is 2.03. The first-order valence-electron chi connectivity index (χ1n) is 4.89. The van der Waals surface area contributed by atoms with Gasteiger partial charge in [-0.1, -0.05) is 13.8 Å². The summed E-state index contributed by atoms with van der Waals surface area (Å²) < 4.78 is 0. The van der Waals surface area contributed by atoms with E-state index in [0.717, 1.165) is 0 Å². The summed E-state index contributed by atoms with van der Waals surface area (Å²) in [6.07, 6.45) is 0.915. The van der Waals surface area contributed by atoms with Crippen molar-refractivity contribution in [2.24, 2.45) is 5.92 Å². The van der Waals surface area contributed by atoms with Crippen LogP contribution >= 0.6 is 0 Å². The molecule has 82 valence electrons. The van der Waals surface area contributed by atoms with Crippen LogP contribution < -0.4 is 5.32 Å². The molecule has 0 radical (unpaired) electrons. The molecule has 2 N–H and O–H groups in total. The zero-order valence-corrected chi connectivity index (χ0v) is 9.04. The minimum absolute atomic E-state index is 0.0370. The highest BCUT2D eigenvalue weighted by Gasteiger charge is 2.17. The van der Waals surface area contributed by atoms with E-state index < -0.39 is 5.97 Å². The van der Waals surface area contributed by atoms with Gasteiger partial charge in [-0.05, 0) is 19.4 Å². The van der Waals surface area contributed by atoms with Crippen molar-refractivity contribution in [1.82, 2.24) is 5.32 Å². The Labute approximate surface area is 84.7 Å². The summed E-state index contributed by atoms with van der Waals surface area (Å²) in [5.41, 5.74) is 0. The van der Waals surface area contributed by atoms with Crippen molar-refractivity contribution in [2.75, 3.05) is 7.05 Å². The van der Waals surface area contributed by atoms with Crippen molar-refractivity contribution in [3.63, 3.8) is 0 Å². The van der Waals surface area contributed by atoms with E-state index >= 15 is 0 Å². The number of Topliss-reactive ketones (excluding diaryl/α,β-unsaturated/α-hetero) is 1. The van der Waals surface area contributed by atoms with Gasteiger partial charge in [0, 0.05) is 12.8 Å². The number of aliphatic carboxylic acids is 1. The molecule has 0 rings (SSSR count). The third-order valence-corrected chi connectivity index (χ3v) is 1.99. The molecular weight excluding hydrogens is 182 g/mol. The standard InChI is InChI=1S/C10H19NO3/c1-7(2)6-9(12)8(11-3)4-5-10(13)14/h7-8,11H,4-6H2,1-3H3,(H,13,14)/t8-/m0/s1. The van der Waals surface area contributed by atoms with Crippen LogP contribution in [-0.2, 0) is 9.59 Å². The summed E-state index contributed by atoms with van der Waals surface area (Å²) >= 11 is 0. The number of hydrogen-bond donors (Lipinski definition) is 2. The molecule has 0 amide bonds. The van der Waals surface area contributed by atoms with Crippen LogP contribution in [0, 0.1) is 5.92 Å². The monoisotopic (exact) mass is 201 g/mol. The minimum Gasteiger partial charge on any atom is -0.481 e. The first-order valence-corrected chi connectivity index (χ1v) is 4.89. The molecule has 0 heterocycles. The van der Waals surface area contributed by atoms with E-state index in [4.69, 9.17) is 5.11 Å². The molecule has 0 aliphatic heterocycles. The second-order valence-corrected chi connectivity index (χ2v) is 3.84. The van der Waals surface area contributed by atoms with Gasteiger partial charge in [0.2, 0.25) is 0 Å². The van der Waals surface area contributed by atoms with Gasteiger partial charge in [-0.2, -0.15) is 0 Å². The molecule has 0 saturated carbocycles. The number of rotatable bonds is 7. The largest absolute Gasteiger partial charge is 0.481 e. The molecular formula is C10H19NO3. The molecule has 0 aromatic heterocycles. The van der Waals surface area contributed by atoms with Gasteiger partial charge in [-0.3, -0.25) is 9.59 Å². The SMILES string of the molecule is CN[C@@H](CCC(=O)O)C(=O)CC(C)C. The first-order chi connectivity index (χ1) is 6.47. The molecule has 1 atom stereocenters. The molecule has 0 fully saturated rings. The first kappa shape index (κ1) is 13.1. The Kier molecular flexibility index (Phi) is 6.12. The van der Waals surface area contributed by atoms with Gasteiger partial charge >= 0.3 is 5.97 Å². The highest BCUT2D eigenvalue weighted by Crippen LogP contribution is 2.07. The lowest BCUT2D eigenvalue weighted by Crippen LogP contribution is -2.35. The van der Waals surface area contributed by atoms with Crippen LogP contribution in [0.1, 0.15) is 33.1 Å². The zero-order valence-electron chi connectivity index (χ0n) is 9.04. The molecule has 0 aromatic carbocycles. The topological polar surface area (TPSA) is 66.4 Å². The molecule has 0 aliphatic carbocycles. The average molecular weight is 201 g/mol. The van der Waals surface area contributed by atoms with Gasteiger partial charge < -0.3 is 10.4 Å². The van der Waals surface area contributed by atoms with Crippen LogP contribution in [0.25, 0.3) is 0 Å². The van der Waals surface area contributed by atoms with Crippen LogP contribution in [0.2, 0.25) is 0 Å². The predicted molar refractivity (Wildman–Crippen MR) is 54.2 cm³/mol. The molecule has 4 heteroatoms. The maximum Gasteiger partial charge on any atom is 0.303 e. The van der Waals surface area contributed by atoms with Crippen molar-refractivity contribution in [1.29, 1.82) is 0 Å². The quantitative estimate of drug-likeness (QED) is 0.646. The van der Waals surface area contributed by atoms with E-state index in [9.17, 15) is 9.59 Å². The van der Waals surface area contributed by atoms with Gasteiger partial charge in [-0.15, -0.1) is 0 Å². The number of hydrogen-bond acceptors (Lipinski definition) is 3.